The molecular formula is C15H19BrO3. The van der Waals surface area contributed by atoms with E-state index in [4.69, 9.17) is 4.74 Å². The molecule has 2 rings (SSSR count). The van der Waals surface area contributed by atoms with Crippen molar-refractivity contribution < 1.29 is 14.6 Å². The van der Waals surface area contributed by atoms with Crippen LogP contribution in [0.4, 0.5) is 0 Å². The van der Waals surface area contributed by atoms with Crippen LogP contribution in [0.3, 0.4) is 0 Å². The van der Waals surface area contributed by atoms with Crippen molar-refractivity contribution in [2.75, 3.05) is 7.11 Å². The number of ether oxygens (including phenoxy) is 1. The van der Waals surface area contributed by atoms with Crippen LogP contribution in [0.1, 0.15) is 37.7 Å². The number of benzene rings is 1. The minimum atomic E-state index is -1.12. The molecule has 4 heteroatoms. The molecule has 1 aromatic rings. The molecule has 0 aliphatic heterocycles. The summed E-state index contributed by atoms with van der Waals surface area (Å²) < 4.78 is 6.04. The molecule has 3 nitrogen and oxygen atoms in total. The summed E-state index contributed by atoms with van der Waals surface area (Å²) in [4.78, 5) is 12.3. The topological polar surface area (TPSA) is 46.5 Å². The Morgan fingerprint density at radius 3 is 2.68 bits per heavy atom. The number of ketones is 1. The SMILES string of the molecule is COc1ccc(Br)c(CC(=O)C2(O)CCCCC2)c1. The standard InChI is InChI=1S/C15H19BrO3/c1-19-12-5-6-13(16)11(9-12)10-14(17)15(18)7-3-2-4-8-15/h5-6,9,18H,2-4,7-8,10H2,1H3. The van der Waals surface area contributed by atoms with Crippen LogP contribution in [0.15, 0.2) is 22.7 Å². The fraction of sp³-hybridized carbons (Fsp3) is 0.533. The first-order valence-electron chi connectivity index (χ1n) is 6.63. The number of Topliss-reactive ketones (excluding diaryl/α,β-unsaturated/α-hetero) is 1. The molecule has 1 saturated carbocycles. The lowest BCUT2D eigenvalue weighted by Crippen LogP contribution is -2.41. The highest BCUT2D eigenvalue weighted by Crippen LogP contribution is 2.31. The van der Waals surface area contributed by atoms with Crippen LogP contribution in [-0.2, 0) is 11.2 Å². The Hall–Kier alpha value is -0.870. The summed E-state index contributed by atoms with van der Waals surface area (Å²) in [6.45, 7) is 0. The zero-order valence-corrected chi connectivity index (χ0v) is 12.7. The molecule has 0 saturated heterocycles. The highest BCUT2D eigenvalue weighted by molar-refractivity contribution is 9.10. The quantitative estimate of drug-likeness (QED) is 0.923. The van der Waals surface area contributed by atoms with E-state index in [2.05, 4.69) is 15.9 Å². The summed E-state index contributed by atoms with van der Waals surface area (Å²) >= 11 is 3.44. The lowest BCUT2D eigenvalue weighted by Gasteiger charge is -2.30. The Kier molecular flexibility index (Phi) is 4.63. The molecule has 0 atom stereocenters. The van der Waals surface area contributed by atoms with Crippen LogP contribution < -0.4 is 4.74 Å². The third-order valence-corrected chi connectivity index (χ3v) is 4.58. The molecule has 0 unspecified atom stereocenters. The van der Waals surface area contributed by atoms with E-state index in [1.807, 2.05) is 18.2 Å². The molecule has 1 aliphatic rings. The maximum Gasteiger partial charge on any atom is 0.168 e. The maximum atomic E-state index is 12.3. The van der Waals surface area contributed by atoms with Crippen LogP contribution in [0.5, 0.6) is 5.75 Å². The Morgan fingerprint density at radius 2 is 2.05 bits per heavy atom. The van der Waals surface area contributed by atoms with Crippen LogP contribution >= 0.6 is 15.9 Å². The highest BCUT2D eigenvalue weighted by Gasteiger charge is 2.36. The number of aliphatic hydroxyl groups is 1. The minimum absolute atomic E-state index is 0.0823. The molecule has 0 bridgehead atoms. The van der Waals surface area contributed by atoms with Crippen LogP contribution in [0.2, 0.25) is 0 Å². The van der Waals surface area contributed by atoms with E-state index in [0.717, 1.165) is 35.0 Å². The minimum Gasteiger partial charge on any atom is -0.497 e. The van der Waals surface area contributed by atoms with E-state index >= 15 is 0 Å². The normalized spacial score (nSPS) is 18.1. The fourth-order valence-corrected chi connectivity index (χ4v) is 2.95. The number of hydrogen-bond donors (Lipinski definition) is 1. The van der Waals surface area contributed by atoms with Gasteiger partial charge in [-0.1, -0.05) is 35.2 Å². The predicted octanol–water partition coefficient (Wildman–Crippen LogP) is 3.26. The first kappa shape index (κ1) is 14.5. The van der Waals surface area contributed by atoms with Gasteiger partial charge in [0.2, 0.25) is 0 Å². The van der Waals surface area contributed by atoms with Crippen molar-refractivity contribution in [1.29, 1.82) is 0 Å². The number of carbonyl (C=O) groups excluding carboxylic acids is 1. The van der Waals surface area contributed by atoms with Gasteiger partial charge in [-0.2, -0.15) is 0 Å². The first-order chi connectivity index (χ1) is 9.05. The molecule has 1 aromatic carbocycles. The number of carbonyl (C=O) groups is 1. The Bertz CT molecular complexity index is 464. The molecule has 0 amide bonds. The smallest absolute Gasteiger partial charge is 0.168 e. The van der Waals surface area contributed by atoms with E-state index in [9.17, 15) is 9.90 Å². The monoisotopic (exact) mass is 326 g/mol. The summed E-state index contributed by atoms with van der Waals surface area (Å²) in [5.74, 6) is 0.641. The second kappa shape index (κ2) is 6.06. The summed E-state index contributed by atoms with van der Waals surface area (Å²) in [6.07, 6.45) is 4.40. The van der Waals surface area contributed by atoms with Crippen molar-refractivity contribution in [2.24, 2.45) is 0 Å². The van der Waals surface area contributed by atoms with E-state index in [1.165, 1.54) is 0 Å². The molecule has 1 fully saturated rings. The molecule has 19 heavy (non-hydrogen) atoms. The Balaban J connectivity index is 2.14. The van der Waals surface area contributed by atoms with Crippen LogP contribution in [-0.4, -0.2) is 23.6 Å². The Labute approximate surface area is 122 Å². The first-order valence-corrected chi connectivity index (χ1v) is 7.42. The third kappa shape index (κ3) is 3.37. The van der Waals surface area contributed by atoms with Gasteiger partial charge < -0.3 is 9.84 Å². The predicted molar refractivity (Wildman–Crippen MR) is 77.4 cm³/mol. The van der Waals surface area contributed by atoms with Gasteiger partial charge >= 0.3 is 0 Å². The summed E-state index contributed by atoms with van der Waals surface area (Å²) in [5, 5.41) is 10.4. The zero-order valence-electron chi connectivity index (χ0n) is 11.1. The molecule has 1 N–H and O–H groups in total. The average Bonchev–Trinajstić information content (AvgIpc) is 2.42. The second-order valence-electron chi connectivity index (χ2n) is 5.15. The van der Waals surface area contributed by atoms with Gasteiger partial charge in [0, 0.05) is 10.9 Å². The van der Waals surface area contributed by atoms with E-state index in [0.29, 0.717) is 12.8 Å². The average molecular weight is 327 g/mol. The van der Waals surface area contributed by atoms with Gasteiger partial charge in [0.05, 0.1) is 7.11 Å². The zero-order chi connectivity index (χ0) is 13.9. The number of methoxy groups -OCH3 is 1. The molecular weight excluding hydrogens is 308 g/mol. The van der Waals surface area contributed by atoms with Gasteiger partial charge in [0.1, 0.15) is 11.4 Å². The van der Waals surface area contributed by atoms with E-state index in [-0.39, 0.29) is 12.2 Å². The second-order valence-corrected chi connectivity index (χ2v) is 6.00. The molecule has 0 radical (unpaired) electrons. The van der Waals surface area contributed by atoms with Gasteiger partial charge in [0.15, 0.2) is 5.78 Å². The highest BCUT2D eigenvalue weighted by atomic mass is 79.9. The largest absolute Gasteiger partial charge is 0.497 e. The van der Waals surface area contributed by atoms with Crippen molar-refractivity contribution in [3.05, 3.63) is 28.2 Å². The van der Waals surface area contributed by atoms with Gasteiger partial charge in [-0.05, 0) is 36.6 Å². The van der Waals surface area contributed by atoms with Crippen molar-refractivity contribution in [3.63, 3.8) is 0 Å². The molecule has 0 heterocycles. The molecule has 0 spiro atoms. The Morgan fingerprint density at radius 1 is 1.37 bits per heavy atom. The number of halogens is 1. The summed E-state index contributed by atoms with van der Waals surface area (Å²) in [6, 6.07) is 5.55. The van der Waals surface area contributed by atoms with Crippen molar-refractivity contribution in [1.82, 2.24) is 0 Å². The van der Waals surface area contributed by atoms with Gasteiger partial charge in [-0.25, -0.2) is 0 Å². The van der Waals surface area contributed by atoms with Crippen molar-refractivity contribution in [2.45, 2.75) is 44.1 Å². The number of rotatable bonds is 4. The lowest BCUT2D eigenvalue weighted by atomic mass is 9.80. The maximum absolute atomic E-state index is 12.3. The molecule has 104 valence electrons. The van der Waals surface area contributed by atoms with Crippen LogP contribution in [0.25, 0.3) is 0 Å². The van der Waals surface area contributed by atoms with Crippen molar-refractivity contribution >= 4 is 21.7 Å². The fourth-order valence-electron chi connectivity index (χ4n) is 2.57. The van der Waals surface area contributed by atoms with Gasteiger partial charge in [-0.3, -0.25) is 4.79 Å². The van der Waals surface area contributed by atoms with Gasteiger partial charge in [-0.15, -0.1) is 0 Å². The summed E-state index contributed by atoms with van der Waals surface area (Å²) in [7, 11) is 1.60. The molecule has 0 aromatic heterocycles. The van der Waals surface area contributed by atoms with Crippen molar-refractivity contribution in [3.8, 4) is 5.75 Å². The third-order valence-electron chi connectivity index (χ3n) is 3.80. The van der Waals surface area contributed by atoms with E-state index in [1.54, 1.807) is 7.11 Å². The summed E-state index contributed by atoms with van der Waals surface area (Å²) in [5.41, 5.74) is -0.260. The number of hydrogen-bond acceptors (Lipinski definition) is 3. The van der Waals surface area contributed by atoms with Crippen LogP contribution in [0, 0.1) is 0 Å². The molecule has 1 aliphatic carbocycles. The lowest BCUT2D eigenvalue weighted by molar-refractivity contribution is -0.139. The van der Waals surface area contributed by atoms with Gasteiger partial charge in [0.25, 0.3) is 0 Å². The van der Waals surface area contributed by atoms with E-state index < -0.39 is 5.60 Å².